The maximum Gasteiger partial charge on any atom is 0.235 e. The van der Waals surface area contributed by atoms with Gasteiger partial charge in [-0.2, -0.15) is 4.98 Å². The van der Waals surface area contributed by atoms with Crippen molar-refractivity contribution in [2.45, 2.75) is 25.4 Å². The van der Waals surface area contributed by atoms with Crippen LogP contribution in [0.5, 0.6) is 11.8 Å². The van der Waals surface area contributed by atoms with Crippen LogP contribution in [0, 0.1) is 0 Å². The number of hydrogen-bond acceptors (Lipinski definition) is 5. The molecule has 1 unspecified atom stereocenters. The van der Waals surface area contributed by atoms with Crippen LogP contribution in [-0.2, 0) is 11.2 Å². The van der Waals surface area contributed by atoms with E-state index < -0.39 is 0 Å². The van der Waals surface area contributed by atoms with E-state index >= 15 is 0 Å². The Labute approximate surface area is 176 Å². The monoisotopic (exact) mass is 403 g/mol. The molecule has 1 amide bonds. The van der Waals surface area contributed by atoms with Crippen LogP contribution in [0.25, 0.3) is 11.1 Å². The SMILES string of the molecule is COc1cncc(OC2CCCN(C(=O)Cc3ccc(-c4ccccc4)cc3)C2)n1. The second kappa shape index (κ2) is 9.39. The van der Waals surface area contributed by atoms with E-state index in [-0.39, 0.29) is 12.0 Å². The summed E-state index contributed by atoms with van der Waals surface area (Å²) >= 11 is 0. The van der Waals surface area contributed by atoms with Crippen molar-refractivity contribution in [2.75, 3.05) is 20.2 Å². The fraction of sp³-hybridized carbons (Fsp3) is 0.292. The molecule has 1 aliphatic rings. The van der Waals surface area contributed by atoms with Gasteiger partial charge in [0.25, 0.3) is 0 Å². The molecule has 30 heavy (non-hydrogen) atoms. The smallest absolute Gasteiger partial charge is 0.235 e. The normalized spacial score (nSPS) is 16.2. The topological polar surface area (TPSA) is 64.6 Å². The number of hydrogen-bond donors (Lipinski definition) is 0. The Kier molecular flexibility index (Phi) is 6.23. The van der Waals surface area contributed by atoms with Gasteiger partial charge in [0.05, 0.1) is 32.5 Å². The molecular formula is C24H25N3O3. The Bertz CT molecular complexity index is 977. The van der Waals surface area contributed by atoms with Crippen molar-refractivity contribution in [1.82, 2.24) is 14.9 Å². The van der Waals surface area contributed by atoms with Gasteiger partial charge in [0.1, 0.15) is 6.10 Å². The van der Waals surface area contributed by atoms with Crippen molar-refractivity contribution in [3.63, 3.8) is 0 Å². The van der Waals surface area contributed by atoms with E-state index in [1.54, 1.807) is 13.3 Å². The lowest BCUT2D eigenvalue weighted by Gasteiger charge is -2.32. The third kappa shape index (κ3) is 4.95. The molecule has 6 heteroatoms. The van der Waals surface area contributed by atoms with E-state index in [4.69, 9.17) is 9.47 Å². The Morgan fingerprint density at radius 3 is 2.53 bits per heavy atom. The molecular weight excluding hydrogens is 378 g/mol. The van der Waals surface area contributed by atoms with E-state index in [1.165, 1.54) is 11.8 Å². The van der Waals surface area contributed by atoms with E-state index in [2.05, 4.69) is 34.2 Å². The molecule has 1 atom stereocenters. The molecule has 6 nitrogen and oxygen atoms in total. The summed E-state index contributed by atoms with van der Waals surface area (Å²) in [6.07, 6.45) is 5.18. The Morgan fingerprint density at radius 1 is 1.03 bits per heavy atom. The fourth-order valence-electron chi connectivity index (χ4n) is 3.65. The van der Waals surface area contributed by atoms with Crippen molar-refractivity contribution in [1.29, 1.82) is 0 Å². The molecule has 0 N–H and O–H groups in total. The molecule has 2 heterocycles. The summed E-state index contributed by atoms with van der Waals surface area (Å²) < 4.78 is 11.0. The molecule has 0 spiro atoms. The standard InChI is InChI=1S/C24H25N3O3/c1-29-22-15-25-16-23(26-22)30-21-8-5-13-27(17-21)24(28)14-18-9-11-20(12-10-18)19-6-3-2-4-7-19/h2-4,6-7,9-12,15-16,21H,5,8,13-14,17H2,1H3. The number of carbonyl (C=O) groups is 1. The zero-order valence-electron chi connectivity index (χ0n) is 17.0. The first-order chi connectivity index (χ1) is 14.7. The van der Waals surface area contributed by atoms with Crippen LogP contribution in [-0.4, -0.2) is 47.1 Å². The van der Waals surface area contributed by atoms with Crippen LogP contribution in [0.4, 0.5) is 0 Å². The highest BCUT2D eigenvalue weighted by Gasteiger charge is 2.25. The van der Waals surface area contributed by atoms with Crippen LogP contribution < -0.4 is 9.47 Å². The summed E-state index contributed by atoms with van der Waals surface area (Å²) in [6, 6.07) is 18.4. The van der Waals surface area contributed by atoms with Crippen LogP contribution in [0.1, 0.15) is 18.4 Å². The highest BCUT2D eigenvalue weighted by molar-refractivity contribution is 5.79. The second-order valence-corrected chi connectivity index (χ2v) is 7.36. The van der Waals surface area contributed by atoms with Crippen LogP contribution in [0.3, 0.4) is 0 Å². The molecule has 1 saturated heterocycles. The summed E-state index contributed by atoms with van der Waals surface area (Å²) in [5, 5.41) is 0. The van der Waals surface area contributed by atoms with Crippen molar-refractivity contribution < 1.29 is 14.3 Å². The summed E-state index contributed by atoms with van der Waals surface area (Å²) in [6.45, 7) is 1.31. The summed E-state index contributed by atoms with van der Waals surface area (Å²) in [7, 11) is 1.54. The number of methoxy groups -OCH3 is 1. The third-order valence-corrected chi connectivity index (χ3v) is 5.23. The number of benzene rings is 2. The summed E-state index contributed by atoms with van der Waals surface area (Å²) in [5.74, 6) is 0.952. The van der Waals surface area contributed by atoms with E-state index in [1.807, 2.05) is 35.2 Å². The summed E-state index contributed by atoms with van der Waals surface area (Å²) in [5.41, 5.74) is 3.34. The van der Waals surface area contributed by atoms with Crippen LogP contribution in [0.2, 0.25) is 0 Å². The van der Waals surface area contributed by atoms with Gasteiger partial charge in [0.15, 0.2) is 0 Å². The number of piperidine rings is 1. The molecule has 1 aliphatic heterocycles. The predicted molar refractivity (Wildman–Crippen MR) is 114 cm³/mol. The molecule has 0 aliphatic carbocycles. The van der Waals surface area contributed by atoms with E-state index in [0.717, 1.165) is 30.5 Å². The molecule has 0 radical (unpaired) electrons. The van der Waals surface area contributed by atoms with Gasteiger partial charge in [-0.05, 0) is 29.5 Å². The number of aromatic nitrogens is 2. The van der Waals surface area contributed by atoms with Gasteiger partial charge in [0.2, 0.25) is 17.7 Å². The molecule has 0 bridgehead atoms. The zero-order chi connectivity index (χ0) is 20.8. The minimum atomic E-state index is -0.0930. The van der Waals surface area contributed by atoms with Crippen molar-refractivity contribution in [2.24, 2.45) is 0 Å². The number of likely N-dealkylation sites (tertiary alicyclic amines) is 1. The molecule has 154 valence electrons. The Balaban J connectivity index is 1.35. The number of nitrogens with zero attached hydrogens (tertiary/aromatic N) is 3. The first kappa shape index (κ1) is 19.9. The average molecular weight is 403 g/mol. The van der Waals surface area contributed by atoms with Gasteiger partial charge in [0, 0.05) is 6.54 Å². The largest absolute Gasteiger partial charge is 0.480 e. The van der Waals surface area contributed by atoms with Crippen molar-refractivity contribution in [3.8, 4) is 22.9 Å². The predicted octanol–water partition coefficient (Wildman–Crippen LogP) is 3.76. The minimum Gasteiger partial charge on any atom is -0.480 e. The molecule has 1 aromatic heterocycles. The summed E-state index contributed by atoms with van der Waals surface area (Å²) in [4.78, 5) is 23.0. The maximum atomic E-state index is 12.8. The molecule has 3 aromatic rings. The first-order valence-corrected chi connectivity index (χ1v) is 10.2. The van der Waals surface area contributed by atoms with Gasteiger partial charge < -0.3 is 14.4 Å². The van der Waals surface area contributed by atoms with Gasteiger partial charge in [-0.1, -0.05) is 54.6 Å². The Morgan fingerprint density at radius 2 is 1.77 bits per heavy atom. The van der Waals surface area contributed by atoms with Gasteiger partial charge in [-0.3, -0.25) is 9.78 Å². The number of amides is 1. The quantitative estimate of drug-likeness (QED) is 0.627. The average Bonchev–Trinajstić information content (AvgIpc) is 2.80. The second-order valence-electron chi connectivity index (χ2n) is 7.36. The highest BCUT2D eigenvalue weighted by atomic mass is 16.5. The molecule has 4 rings (SSSR count). The number of ether oxygens (including phenoxy) is 2. The molecule has 2 aromatic carbocycles. The van der Waals surface area contributed by atoms with Crippen LogP contribution >= 0.6 is 0 Å². The third-order valence-electron chi connectivity index (χ3n) is 5.23. The van der Waals surface area contributed by atoms with Gasteiger partial charge in [-0.25, -0.2) is 0 Å². The fourth-order valence-corrected chi connectivity index (χ4v) is 3.65. The lowest BCUT2D eigenvalue weighted by Crippen LogP contribution is -2.45. The van der Waals surface area contributed by atoms with Gasteiger partial charge in [-0.15, -0.1) is 0 Å². The van der Waals surface area contributed by atoms with Crippen LogP contribution in [0.15, 0.2) is 67.0 Å². The molecule has 0 saturated carbocycles. The molecule has 1 fully saturated rings. The lowest BCUT2D eigenvalue weighted by atomic mass is 10.0. The first-order valence-electron chi connectivity index (χ1n) is 10.2. The number of carbonyl (C=O) groups excluding carboxylic acids is 1. The van der Waals surface area contributed by atoms with Crippen molar-refractivity contribution >= 4 is 5.91 Å². The van der Waals surface area contributed by atoms with E-state index in [9.17, 15) is 4.79 Å². The lowest BCUT2D eigenvalue weighted by molar-refractivity contribution is -0.133. The van der Waals surface area contributed by atoms with Crippen molar-refractivity contribution in [3.05, 3.63) is 72.6 Å². The Hall–Kier alpha value is -3.41. The zero-order valence-corrected chi connectivity index (χ0v) is 17.0. The number of rotatable bonds is 6. The van der Waals surface area contributed by atoms with E-state index in [0.29, 0.717) is 24.7 Å². The maximum absolute atomic E-state index is 12.8. The van der Waals surface area contributed by atoms with Gasteiger partial charge >= 0.3 is 0 Å². The minimum absolute atomic E-state index is 0.0930. The highest BCUT2D eigenvalue weighted by Crippen LogP contribution is 2.21.